The SMILES string of the molecule is OCCN1C(=S)N[C@H](c2ccccn2)[C@@H]1c1cccn1-c1ccc(Cl)cn1. The van der Waals surface area contributed by atoms with Crippen molar-refractivity contribution in [1.82, 2.24) is 24.8 Å². The summed E-state index contributed by atoms with van der Waals surface area (Å²) in [6.07, 6.45) is 5.35. The van der Waals surface area contributed by atoms with Gasteiger partial charge in [-0.3, -0.25) is 4.98 Å². The third-order valence-corrected chi connectivity index (χ3v) is 5.16. The quantitative estimate of drug-likeness (QED) is 0.643. The fourth-order valence-electron chi connectivity index (χ4n) is 3.43. The van der Waals surface area contributed by atoms with Crippen LogP contribution in [-0.2, 0) is 0 Å². The maximum atomic E-state index is 9.55. The van der Waals surface area contributed by atoms with Crippen molar-refractivity contribution in [2.45, 2.75) is 12.1 Å². The summed E-state index contributed by atoms with van der Waals surface area (Å²) in [5.74, 6) is 0.765. The van der Waals surface area contributed by atoms with Crippen LogP contribution in [0.15, 0.2) is 61.1 Å². The second-order valence-corrected chi connectivity index (χ2v) is 7.00. The number of aliphatic hydroxyl groups is 1. The lowest BCUT2D eigenvalue weighted by Crippen LogP contribution is -2.33. The predicted molar refractivity (Wildman–Crippen MR) is 108 cm³/mol. The van der Waals surface area contributed by atoms with E-state index in [1.54, 1.807) is 12.4 Å². The van der Waals surface area contributed by atoms with Gasteiger partial charge in [0.15, 0.2) is 5.11 Å². The van der Waals surface area contributed by atoms with Crippen LogP contribution in [0.4, 0.5) is 0 Å². The van der Waals surface area contributed by atoms with E-state index in [-0.39, 0.29) is 18.7 Å². The molecule has 138 valence electrons. The zero-order valence-corrected chi connectivity index (χ0v) is 15.9. The minimum Gasteiger partial charge on any atom is -0.395 e. The average molecular weight is 400 g/mol. The Balaban J connectivity index is 1.80. The first-order valence-corrected chi connectivity index (χ1v) is 9.36. The van der Waals surface area contributed by atoms with Crippen LogP contribution in [0.25, 0.3) is 5.82 Å². The molecule has 0 saturated carbocycles. The second kappa shape index (κ2) is 7.64. The van der Waals surface area contributed by atoms with Gasteiger partial charge in [0, 0.05) is 30.8 Å². The summed E-state index contributed by atoms with van der Waals surface area (Å²) in [6.45, 7) is 0.437. The number of halogens is 1. The molecule has 0 aliphatic carbocycles. The number of rotatable bonds is 5. The number of thiocarbonyl (C=S) groups is 1. The lowest BCUT2D eigenvalue weighted by atomic mass is 10.0. The van der Waals surface area contributed by atoms with Gasteiger partial charge < -0.3 is 19.9 Å². The molecule has 1 saturated heterocycles. The Bertz CT molecular complexity index is 931. The number of nitrogens with one attached hydrogen (secondary N) is 1. The van der Waals surface area contributed by atoms with Crippen LogP contribution in [0.3, 0.4) is 0 Å². The van der Waals surface area contributed by atoms with E-state index in [1.807, 2.05) is 58.1 Å². The van der Waals surface area contributed by atoms with Gasteiger partial charge in [-0.05, 0) is 48.6 Å². The lowest BCUT2D eigenvalue weighted by Gasteiger charge is -2.28. The van der Waals surface area contributed by atoms with Gasteiger partial charge in [0.2, 0.25) is 0 Å². The Morgan fingerprint density at radius 2 is 2.04 bits per heavy atom. The Hall–Kier alpha value is -2.48. The first kappa shape index (κ1) is 17.9. The Morgan fingerprint density at radius 1 is 1.15 bits per heavy atom. The molecule has 3 aromatic rings. The molecule has 0 spiro atoms. The number of hydrogen-bond donors (Lipinski definition) is 2. The van der Waals surface area contributed by atoms with Gasteiger partial charge in [-0.15, -0.1) is 0 Å². The van der Waals surface area contributed by atoms with Crippen molar-refractivity contribution >= 4 is 28.9 Å². The maximum absolute atomic E-state index is 9.55. The topological polar surface area (TPSA) is 66.2 Å². The maximum Gasteiger partial charge on any atom is 0.170 e. The molecule has 1 aliphatic heterocycles. The van der Waals surface area contributed by atoms with Crippen LogP contribution < -0.4 is 5.32 Å². The standard InChI is InChI=1S/C19H18ClN5OS/c20-13-6-7-16(22-12-13)24-9-3-5-15(24)18-17(14-4-1-2-8-21-14)23-19(27)25(18)10-11-26/h1-9,12,17-18,26H,10-11H2,(H,23,27)/t17-,18+/m1/s1. The third-order valence-electron chi connectivity index (χ3n) is 4.58. The van der Waals surface area contributed by atoms with Gasteiger partial charge in [0.25, 0.3) is 0 Å². The monoisotopic (exact) mass is 399 g/mol. The first-order chi connectivity index (χ1) is 13.2. The molecule has 0 radical (unpaired) electrons. The molecule has 0 aromatic carbocycles. The van der Waals surface area contributed by atoms with Gasteiger partial charge in [0.05, 0.1) is 29.4 Å². The molecule has 2 N–H and O–H groups in total. The molecular weight excluding hydrogens is 382 g/mol. The van der Waals surface area contributed by atoms with Crippen molar-refractivity contribution in [3.8, 4) is 5.82 Å². The Labute approximate surface area is 167 Å². The molecule has 1 aliphatic rings. The third kappa shape index (κ3) is 3.41. The number of aliphatic hydroxyl groups excluding tert-OH is 1. The van der Waals surface area contributed by atoms with Crippen LogP contribution >= 0.6 is 23.8 Å². The smallest absolute Gasteiger partial charge is 0.170 e. The highest BCUT2D eigenvalue weighted by Crippen LogP contribution is 2.39. The predicted octanol–water partition coefficient (Wildman–Crippen LogP) is 2.89. The molecule has 0 bridgehead atoms. The zero-order chi connectivity index (χ0) is 18.8. The lowest BCUT2D eigenvalue weighted by molar-refractivity contribution is 0.220. The van der Waals surface area contributed by atoms with E-state index < -0.39 is 0 Å². The fourth-order valence-corrected chi connectivity index (χ4v) is 3.87. The number of β-amino-alcohol motifs (C(OH)–C–C–N with tert-alkyl or cyclic N) is 1. The number of aromatic nitrogens is 3. The number of pyridine rings is 2. The van der Waals surface area contributed by atoms with Crippen LogP contribution in [0.1, 0.15) is 23.5 Å². The van der Waals surface area contributed by atoms with E-state index in [9.17, 15) is 5.11 Å². The summed E-state index contributed by atoms with van der Waals surface area (Å²) in [4.78, 5) is 10.9. The molecule has 0 unspecified atom stereocenters. The molecular formula is C19H18ClN5OS. The molecule has 8 heteroatoms. The van der Waals surface area contributed by atoms with E-state index in [1.165, 1.54) is 0 Å². The summed E-state index contributed by atoms with van der Waals surface area (Å²) in [6, 6.07) is 13.3. The summed E-state index contributed by atoms with van der Waals surface area (Å²) in [5.41, 5.74) is 1.89. The highest BCUT2D eigenvalue weighted by molar-refractivity contribution is 7.80. The number of hydrogen-bond acceptors (Lipinski definition) is 4. The fraction of sp³-hybridized carbons (Fsp3) is 0.211. The molecule has 4 heterocycles. The van der Waals surface area contributed by atoms with Crippen molar-refractivity contribution in [2.75, 3.05) is 13.2 Å². The van der Waals surface area contributed by atoms with Gasteiger partial charge in [-0.2, -0.15) is 0 Å². The summed E-state index contributed by atoms with van der Waals surface area (Å²) >= 11 is 11.5. The van der Waals surface area contributed by atoms with E-state index in [0.29, 0.717) is 16.7 Å². The molecule has 1 fully saturated rings. The van der Waals surface area contributed by atoms with Crippen LogP contribution in [0.5, 0.6) is 0 Å². The van der Waals surface area contributed by atoms with Crippen molar-refractivity contribution in [2.24, 2.45) is 0 Å². The minimum absolute atomic E-state index is 0.00710. The summed E-state index contributed by atoms with van der Waals surface area (Å²) < 4.78 is 2.01. The molecule has 0 amide bonds. The molecule has 4 rings (SSSR count). The average Bonchev–Trinajstić information content (AvgIpc) is 3.28. The first-order valence-electron chi connectivity index (χ1n) is 8.57. The highest BCUT2D eigenvalue weighted by Gasteiger charge is 2.40. The van der Waals surface area contributed by atoms with E-state index in [2.05, 4.69) is 15.3 Å². The van der Waals surface area contributed by atoms with Crippen molar-refractivity contribution in [3.63, 3.8) is 0 Å². The van der Waals surface area contributed by atoms with Gasteiger partial charge in [0.1, 0.15) is 5.82 Å². The molecule has 27 heavy (non-hydrogen) atoms. The van der Waals surface area contributed by atoms with Gasteiger partial charge in [-0.25, -0.2) is 4.98 Å². The van der Waals surface area contributed by atoms with Crippen molar-refractivity contribution in [3.05, 3.63) is 77.5 Å². The van der Waals surface area contributed by atoms with E-state index in [4.69, 9.17) is 23.8 Å². The van der Waals surface area contributed by atoms with E-state index in [0.717, 1.165) is 17.2 Å². The Morgan fingerprint density at radius 3 is 2.74 bits per heavy atom. The van der Waals surface area contributed by atoms with Crippen LogP contribution in [0, 0.1) is 0 Å². The largest absolute Gasteiger partial charge is 0.395 e. The van der Waals surface area contributed by atoms with Gasteiger partial charge >= 0.3 is 0 Å². The normalized spacial score (nSPS) is 19.3. The molecule has 3 aromatic heterocycles. The van der Waals surface area contributed by atoms with Crippen LogP contribution in [0.2, 0.25) is 5.02 Å². The van der Waals surface area contributed by atoms with Crippen molar-refractivity contribution < 1.29 is 5.11 Å². The molecule has 6 nitrogen and oxygen atoms in total. The highest BCUT2D eigenvalue weighted by atomic mass is 35.5. The van der Waals surface area contributed by atoms with Gasteiger partial charge in [-0.1, -0.05) is 17.7 Å². The van der Waals surface area contributed by atoms with Crippen LogP contribution in [-0.4, -0.2) is 42.8 Å². The summed E-state index contributed by atoms with van der Waals surface area (Å²) in [5, 5.41) is 14.1. The van der Waals surface area contributed by atoms with Crippen molar-refractivity contribution in [1.29, 1.82) is 0 Å². The second-order valence-electron chi connectivity index (χ2n) is 6.18. The zero-order valence-electron chi connectivity index (χ0n) is 14.4. The van der Waals surface area contributed by atoms with E-state index >= 15 is 0 Å². The summed E-state index contributed by atoms with van der Waals surface area (Å²) in [7, 11) is 0. The Kier molecular flexibility index (Phi) is 5.07. The molecule has 2 atom stereocenters. The number of nitrogens with zero attached hydrogens (tertiary/aromatic N) is 4. The minimum atomic E-state index is -0.133.